The summed E-state index contributed by atoms with van der Waals surface area (Å²) in [6, 6.07) is 7.33. The fraction of sp³-hybridized carbons (Fsp3) is 0.389. The summed E-state index contributed by atoms with van der Waals surface area (Å²) >= 11 is 0. The number of aliphatic hydroxyl groups excluding tert-OH is 3. The normalized spacial score (nSPS) is 24.1. The van der Waals surface area contributed by atoms with Crippen molar-refractivity contribution in [2.45, 2.75) is 31.1 Å². The predicted molar refractivity (Wildman–Crippen MR) is 97.7 cm³/mol. The van der Waals surface area contributed by atoms with Gasteiger partial charge in [-0.3, -0.25) is 9.98 Å². The number of aliphatic hydroxyl groups is 3. The molecule has 2 aromatic heterocycles. The van der Waals surface area contributed by atoms with E-state index in [1.165, 1.54) is 22.0 Å². The Morgan fingerprint density at radius 2 is 1.90 bits per heavy atom. The van der Waals surface area contributed by atoms with Crippen molar-refractivity contribution in [3.8, 4) is 5.75 Å². The minimum absolute atomic E-state index is 0.0333. The monoisotopic (exact) mass is 403 g/mol. The van der Waals surface area contributed by atoms with E-state index in [1.54, 1.807) is 7.11 Å². The summed E-state index contributed by atoms with van der Waals surface area (Å²) in [7, 11) is 1.59. The molecule has 0 spiro atoms. The van der Waals surface area contributed by atoms with Crippen LogP contribution in [0.5, 0.6) is 5.75 Å². The molecule has 0 saturated carbocycles. The SMILES string of the molecule is COc1ccc(COn2cnc3c(ncn3[C@@H]3O[C@H](CO)[C@@H](O)[C@H]3O)c2=N)cc1. The highest BCUT2D eigenvalue weighted by Crippen LogP contribution is 2.30. The Hall–Kier alpha value is -2.99. The second-order valence-electron chi connectivity index (χ2n) is 6.59. The molecule has 3 aromatic rings. The van der Waals surface area contributed by atoms with Gasteiger partial charge in [0.1, 0.15) is 37.0 Å². The van der Waals surface area contributed by atoms with Crippen LogP contribution in [0.4, 0.5) is 0 Å². The third-order valence-corrected chi connectivity index (χ3v) is 4.82. The van der Waals surface area contributed by atoms with Crippen molar-refractivity contribution in [1.82, 2.24) is 19.3 Å². The van der Waals surface area contributed by atoms with E-state index in [1.807, 2.05) is 24.3 Å². The Bertz CT molecular complexity index is 1050. The summed E-state index contributed by atoms with van der Waals surface area (Å²) in [6.07, 6.45) is -1.70. The van der Waals surface area contributed by atoms with Crippen molar-refractivity contribution in [2.24, 2.45) is 0 Å². The summed E-state index contributed by atoms with van der Waals surface area (Å²) in [5, 5.41) is 37.7. The van der Waals surface area contributed by atoms with Crippen LogP contribution in [0.3, 0.4) is 0 Å². The number of nitrogens with zero attached hydrogens (tertiary/aromatic N) is 4. The fourth-order valence-electron chi connectivity index (χ4n) is 3.18. The van der Waals surface area contributed by atoms with E-state index in [0.717, 1.165) is 11.3 Å². The summed E-state index contributed by atoms with van der Waals surface area (Å²) in [5.74, 6) is 0.737. The molecule has 11 heteroatoms. The maximum Gasteiger partial charge on any atom is 0.192 e. The zero-order valence-corrected chi connectivity index (χ0v) is 15.5. The number of hydrogen-bond acceptors (Lipinski definition) is 9. The Kier molecular flexibility index (Phi) is 5.20. The van der Waals surface area contributed by atoms with Gasteiger partial charge in [0.25, 0.3) is 0 Å². The number of aromatic nitrogens is 4. The van der Waals surface area contributed by atoms with Crippen LogP contribution in [0, 0.1) is 5.41 Å². The molecular formula is C18H21N5O6. The quantitative estimate of drug-likeness (QED) is 0.408. The van der Waals surface area contributed by atoms with Crippen LogP contribution in [-0.2, 0) is 11.3 Å². The number of ether oxygens (including phenoxy) is 2. The average Bonchev–Trinajstić information content (AvgIpc) is 3.29. The zero-order chi connectivity index (χ0) is 20.5. The molecule has 154 valence electrons. The molecule has 0 unspecified atom stereocenters. The van der Waals surface area contributed by atoms with Gasteiger partial charge in [0, 0.05) is 0 Å². The molecule has 1 fully saturated rings. The molecule has 1 aromatic carbocycles. The van der Waals surface area contributed by atoms with Crippen molar-refractivity contribution in [1.29, 1.82) is 5.41 Å². The Morgan fingerprint density at radius 1 is 1.14 bits per heavy atom. The lowest BCUT2D eigenvalue weighted by molar-refractivity contribution is -0.0511. The number of benzene rings is 1. The van der Waals surface area contributed by atoms with Crippen LogP contribution >= 0.6 is 0 Å². The fourth-order valence-corrected chi connectivity index (χ4v) is 3.18. The van der Waals surface area contributed by atoms with Gasteiger partial charge in [-0.15, -0.1) is 0 Å². The van der Waals surface area contributed by atoms with Gasteiger partial charge in [0.2, 0.25) is 0 Å². The number of imidazole rings is 1. The van der Waals surface area contributed by atoms with Crippen LogP contribution in [-0.4, -0.2) is 66.6 Å². The highest BCUT2D eigenvalue weighted by molar-refractivity contribution is 5.68. The minimum Gasteiger partial charge on any atom is -0.497 e. The molecule has 1 aliphatic rings. The van der Waals surface area contributed by atoms with Gasteiger partial charge in [-0.25, -0.2) is 9.97 Å². The number of methoxy groups -OCH3 is 1. The molecule has 1 aliphatic heterocycles. The number of rotatable bonds is 6. The minimum atomic E-state index is -1.26. The Labute approximate surface area is 164 Å². The molecule has 0 radical (unpaired) electrons. The van der Waals surface area contributed by atoms with Gasteiger partial charge < -0.3 is 29.6 Å². The van der Waals surface area contributed by atoms with E-state index in [2.05, 4.69) is 9.97 Å². The topological polar surface area (TPSA) is 148 Å². The van der Waals surface area contributed by atoms with Crippen LogP contribution in [0.2, 0.25) is 0 Å². The summed E-state index contributed by atoms with van der Waals surface area (Å²) < 4.78 is 13.2. The highest BCUT2D eigenvalue weighted by atomic mass is 16.7. The molecule has 4 N–H and O–H groups in total. The molecule has 29 heavy (non-hydrogen) atoms. The maximum atomic E-state index is 10.2. The maximum absolute atomic E-state index is 10.2. The summed E-state index contributed by atoms with van der Waals surface area (Å²) in [5.41, 5.74) is 1.37. The summed E-state index contributed by atoms with van der Waals surface area (Å²) in [6.45, 7) is -0.221. The van der Waals surface area contributed by atoms with Crippen LogP contribution in [0.1, 0.15) is 11.8 Å². The van der Waals surface area contributed by atoms with Crippen LogP contribution in [0.25, 0.3) is 11.2 Å². The van der Waals surface area contributed by atoms with Gasteiger partial charge in [0.15, 0.2) is 22.9 Å². The lowest BCUT2D eigenvalue weighted by Gasteiger charge is -2.16. The van der Waals surface area contributed by atoms with E-state index in [-0.39, 0.29) is 23.3 Å². The standard InChI is InChI=1S/C18H21N5O6/c1-27-11-4-2-10(3-5-11)7-28-23-9-21-17-13(16(23)19)20-8-22(17)18-15(26)14(25)12(6-24)29-18/h2-5,8-9,12,14-15,18-19,24-26H,6-7H2,1H3/t12-,14-,15-,18-/m1/s1. The third kappa shape index (κ3) is 3.44. The smallest absolute Gasteiger partial charge is 0.192 e. The van der Waals surface area contributed by atoms with E-state index in [4.69, 9.17) is 19.7 Å². The van der Waals surface area contributed by atoms with E-state index < -0.39 is 31.1 Å². The van der Waals surface area contributed by atoms with Crippen molar-refractivity contribution in [3.05, 3.63) is 48.0 Å². The molecule has 4 atom stereocenters. The molecule has 11 nitrogen and oxygen atoms in total. The number of nitrogens with one attached hydrogen (secondary N) is 1. The zero-order valence-electron chi connectivity index (χ0n) is 15.5. The molecule has 0 aliphatic carbocycles. The average molecular weight is 403 g/mol. The van der Waals surface area contributed by atoms with Gasteiger partial charge in [-0.1, -0.05) is 12.1 Å². The van der Waals surface area contributed by atoms with Crippen molar-refractivity contribution in [3.63, 3.8) is 0 Å². The van der Waals surface area contributed by atoms with E-state index in [0.29, 0.717) is 0 Å². The summed E-state index contributed by atoms with van der Waals surface area (Å²) in [4.78, 5) is 14.1. The van der Waals surface area contributed by atoms with Crippen molar-refractivity contribution >= 4 is 11.2 Å². The first-order chi connectivity index (χ1) is 14.0. The number of hydrogen-bond donors (Lipinski definition) is 4. The molecule has 3 heterocycles. The largest absolute Gasteiger partial charge is 0.497 e. The second-order valence-corrected chi connectivity index (χ2v) is 6.59. The Balaban J connectivity index is 1.56. The third-order valence-electron chi connectivity index (χ3n) is 4.82. The van der Waals surface area contributed by atoms with E-state index in [9.17, 15) is 15.3 Å². The molecule has 0 amide bonds. The number of fused-ring (bicyclic) bond motifs is 1. The van der Waals surface area contributed by atoms with Gasteiger partial charge in [-0.05, 0) is 17.7 Å². The van der Waals surface area contributed by atoms with Crippen molar-refractivity contribution in [2.75, 3.05) is 13.7 Å². The first-order valence-electron chi connectivity index (χ1n) is 8.91. The van der Waals surface area contributed by atoms with Crippen molar-refractivity contribution < 1.29 is 29.6 Å². The second kappa shape index (κ2) is 7.79. The van der Waals surface area contributed by atoms with Crippen LogP contribution in [0.15, 0.2) is 36.9 Å². The molecule has 1 saturated heterocycles. The first-order valence-corrected chi connectivity index (χ1v) is 8.91. The van der Waals surface area contributed by atoms with Gasteiger partial charge in [0.05, 0.1) is 20.0 Å². The van der Waals surface area contributed by atoms with Gasteiger partial charge in [-0.2, -0.15) is 4.73 Å². The molecule has 4 rings (SSSR count). The van der Waals surface area contributed by atoms with E-state index >= 15 is 0 Å². The lowest BCUT2D eigenvalue weighted by Crippen LogP contribution is -2.33. The molecule has 0 bridgehead atoms. The molecular weight excluding hydrogens is 382 g/mol. The Morgan fingerprint density at radius 3 is 2.55 bits per heavy atom. The lowest BCUT2D eigenvalue weighted by atomic mass is 10.1. The van der Waals surface area contributed by atoms with Crippen LogP contribution < -0.4 is 15.1 Å². The van der Waals surface area contributed by atoms with Gasteiger partial charge >= 0.3 is 0 Å². The first kappa shape index (κ1) is 19.3. The highest BCUT2D eigenvalue weighted by Gasteiger charge is 2.44. The predicted octanol–water partition coefficient (Wildman–Crippen LogP) is -1.04.